The van der Waals surface area contributed by atoms with E-state index in [1.54, 1.807) is 11.3 Å². The molecule has 0 saturated carbocycles. The number of benzene rings is 1. The molecule has 1 atom stereocenters. The number of aliphatic imine (C=N–C) groups is 1. The molecule has 0 saturated heterocycles. The van der Waals surface area contributed by atoms with Crippen LogP contribution < -0.4 is 5.73 Å². The SMILES string of the molecule is CC(c1ccccc1)c1cc2c(s1)N=C(N)CC2=O. The van der Waals surface area contributed by atoms with Gasteiger partial charge in [0, 0.05) is 10.8 Å². The zero-order valence-corrected chi connectivity index (χ0v) is 11.4. The van der Waals surface area contributed by atoms with Gasteiger partial charge in [-0.3, -0.25) is 4.79 Å². The molecule has 0 aliphatic carbocycles. The summed E-state index contributed by atoms with van der Waals surface area (Å²) in [4.78, 5) is 17.4. The first-order chi connectivity index (χ1) is 9.15. The average molecular weight is 270 g/mol. The zero-order chi connectivity index (χ0) is 13.4. The first kappa shape index (κ1) is 12.1. The number of carbonyl (C=O) groups is 1. The number of amidine groups is 1. The molecule has 19 heavy (non-hydrogen) atoms. The molecule has 0 bridgehead atoms. The Hall–Kier alpha value is -1.94. The van der Waals surface area contributed by atoms with Crippen LogP contribution in [0, 0.1) is 0 Å². The van der Waals surface area contributed by atoms with Gasteiger partial charge in [0.25, 0.3) is 0 Å². The minimum Gasteiger partial charge on any atom is -0.387 e. The van der Waals surface area contributed by atoms with E-state index in [0.29, 0.717) is 5.84 Å². The van der Waals surface area contributed by atoms with Gasteiger partial charge in [-0.2, -0.15) is 0 Å². The molecule has 4 heteroatoms. The molecule has 1 aromatic carbocycles. The summed E-state index contributed by atoms with van der Waals surface area (Å²) in [6.45, 7) is 2.14. The van der Waals surface area contributed by atoms with Gasteiger partial charge in [0.2, 0.25) is 0 Å². The number of hydrogen-bond acceptors (Lipinski definition) is 4. The minimum atomic E-state index is 0.0743. The first-order valence-corrected chi connectivity index (χ1v) is 7.01. The molecule has 3 rings (SSSR count). The minimum absolute atomic E-state index is 0.0743. The van der Waals surface area contributed by atoms with Gasteiger partial charge in [0.05, 0.1) is 12.0 Å². The zero-order valence-electron chi connectivity index (χ0n) is 10.6. The molecule has 0 spiro atoms. The molecule has 96 valence electrons. The maximum Gasteiger partial charge on any atom is 0.173 e. The highest BCUT2D eigenvalue weighted by Crippen LogP contribution is 2.39. The lowest BCUT2D eigenvalue weighted by atomic mass is 9.98. The van der Waals surface area contributed by atoms with Gasteiger partial charge in [0.15, 0.2) is 5.78 Å². The van der Waals surface area contributed by atoms with E-state index >= 15 is 0 Å². The van der Waals surface area contributed by atoms with Crippen LogP contribution in [0.4, 0.5) is 5.00 Å². The molecule has 1 unspecified atom stereocenters. The van der Waals surface area contributed by atoms with Gasteiger partial charge in [-0.05, 0) is 11.6 Å². The second kappa shape index (κ2) is 4.63. The number of ketones is 1. The van der Waals surface area contributed by atoms with E-state index in [1.165, 1.54) is 5.56 Å². The highest BCUT2D eigenvalue weighted by molar-refractivity contribution is 7.16. The number of fused-ring (bicyclic) bond motifs is 1. The van der Waals surface area contributed by atoms with Gasteiger partial charge in [-0.15, -0.1) is 11.3 Å². The Morgan fingerprint density at radius 1 is 1.32 bits per heavy atom. The Kier molecular flexibility index (Phi) is 2.95. The van der Waals surface area contributed by atoms with Crippen LogP contribution in [0.25, 0.3) is 0 Å². The number of Topliss-reactive ketones (excluding diaryl/α,β-unsaturated/α-hetero) is 1. The normalized spacial score (nSPS) is 15.8. The quantitative estimate of drug-likeness (QED) is 0.908. The van der Waals surface area contributed by atoms with Crippen molar-refractivity contribution in [2.24, 2.45) is 10.7 Å². The van der Waals surface area contributed by atoms with Crippen LogP contribution >= 0.6 is 11.3 Å². The smallest absolute Gasteiger partial charge is 0.173 e. The van der Waals surface area contributed by atoms with Crippen molar-refractivity contribution >= 4 is 28.0 Å². The monoisotopic (exact) mass is 270 g/mol. The number of carbonyl (C=O) groups excluding carboxylic acids is 1. The third-order valence-electron chi connectivity index (χ3n) is 3.35. The third-order valence-corrected chi connectivity index (χ3v) is 4.56. The summed E-state index contributed by atoms with van der Waals surface area (Å²) >= 11 is 1.56. The molecule has 3 nitrogen and oxygen atoms in total. The Labute approximate surface area is 115 Å². The van der Waals surface area contributed by atoms with Crippen molar-refractivity contribution in [2.45, 2.75) is 19.3 Å². The van der Waals surface area contributed by atoms with Gasteiger partial charge in [-0.25, -0.2) is 4.99 Å². The van der Waals surface area contributed by atoms with Crippen molar-refractivity contribution in [1.82, 2.24) is 0 Å². The predicted molar refractivity (Wildman–Crippen MR) is 78.5 cm³/mol. The van der Waals surface area contributed by atoms with Crippen LogP contribution in [0.5, 0.6) is 0 Å². The molecule has 0 fully saturated rings. The van der Waals surface area contributed by atoms with E-state index in [0.717, 1.165) is 15.4 Å². The average Bonchev–Trinajstić information content (AvgIpc) is 2.83. The van der Waals surface area contributed by atoms with Crippen molar-refractivity contribution in [2.75, 3.05) is 0 Å². The molecule has 0 radical (unpaired) electrons. The Balaban J connectivity index is 2.00. The molecule has 0 amide bonds. The van der Waals surface area contributed by atoms with E-state index in [4.69, 9.17) is 5.73 Å². The maximum absolute atomic E-state index is 11.9. The van der Waals surface area contributed by atoms with Crippen LogP contribution in [0.3, 0.4) is 0 Å². The molecular formula is C15H14N2OS. The molecule has 1 aromatic heterocycles. The number of nitrogens with two attached hydrogens (primary N) is 1. The lowest BCUT2D eigenvalue weighted by Crippen LogP contribution is -2.19. The first-order valence-electron chi connectivity index (χ1n) is 6.20. The summed E-state index contributed by atoms with van der Waals surface area (Å²) < 4.78 is 0. The maximum atomic E-state index is 11.9. The summed E-state index contributed by atoms with van der Waals surface area (Å²) in [7, 11) is 0. The molecule has 2 heterocycles. The lowest BCUT2D eigenvalue weighted by molar-refractivity contribution is 0.1000. The number of thiophene rings is 1. The van der Waals surface area contributed by atoms with E-state index in [-0.39, 0.29) is 18.1 Å². The van der Waals surface area contributed by atoms with Gasteiger partial charge in [0.1, 0.15) is 10.8 Å². The summed E-state index contributed by atoms with van der Waals surface area (Å²) in [6.07, 6.45) is 0.239. The third kappa shape index (κ3) is 2.19. The fourth-order valence-corrected chi connectivity index (χ4v) is 3.39. The number of hydrogen-bond donors (Lipinski definition) is 1. The van der Waals surface area contributed by atoms with E-state index in [1.807, 2.05) is 24.3 Å². The largest absolute Gasteiger partial charge is 0.387 e. The molecule has 1 aliphatic heterocycles. The second-order valence-electron chi connectivity index (χ2n) is 4.70. The molecule has 2 aromatic rings. The van der Waals surface area contributed by atoms with Gasteiger partial charge >= 0.3 is 0 Å². The Bertz CT molecular complexity index is 658. The highest BCUT2D eigenvalue weighted by atomic mass is 32.1. The van der Waals surface area contributed by atoms with Gasteiger partial charge < -0.3 is 5.73 Å². The fourth-order valence-electron chi connectivity index (χ4n) is 2.23. The van der Waals surface area contributed by atoms with Crippen molar-refractivity contribution in [1.29, 1.82) is 0 Å². The molecule has 1 aliphatic rings. The summed E-state index contributed by atoms with van der Waals surface area (Å²) in [5.41, 5.74) is 7.63. The van der Waals surface area contributed by atoms with E-state index in [2.05, 4.69) is 24.0 Å². The highest BCUT2D eigenvalue weighted by Gasteiger charge is 2.23. The van der Waals surface area contributed by atoms with Crippen molar-refractivity contribution in [3.8, 4) is 0 Å². The Morgan fingerprint density at radius 2 is 2.05 bits per heavy atom. The molecule has 2 N–H and O–H groups in total. The number of nitrogens with zero attached hydrogens (tertiary/aromatic N) is 1. The van der Waals surface area contributed by atoms with Crippen molar-refractivity contribution in [3.05, 3.63) is 52.4 Å². The predicted octanol–water partition coefficient (Wildman–Crippen LogP) is 3.48. The van der Waals surface area contributed by atoms with Crippen LogP contribution in [0.1, 0.15) is 40.1 Å². The molecular weight excluding hydrogens is 256 g/mol. The number of rotatable bonds is 2. The van der Waals surface area contributed by atoms with E-state index in [9.17, 15) is 4.79 Å². The Morgan fingerprint density at radius 3 is 2.79 bits per heavy atom. The summed E-state index contributed by atoms with van der Waals surface area (Å²) in [6, 6.07) is 12.2. The van der Waals surface area contributed by atoms with Crippen LogP contribution in [-0.2, 0) is 0 Å². The van der Waals surface area contributed by atoms with Gasteiger partial charge in [-0.1, -0.05) is 37.3 Å². The fraction of sp³-hybridized carbons (Fsp3) is 0.200. The lowest BCUT2D eigenvalue weighted by Gasteiger charge is -2.08. The van der Waals surface area contributed by atoms with Crippen LogP contribution in [0.2, 0.25) is 0 Å². The summed E-state index contributed by atoms with van der Waals surface area (Å²) in [5.74, 6) is 0.754. The second-order valence-corrected chi connectivity index (χ2v) is 5.77. The van der Waals surface area contributed by atoms with Crippen molar-refractivity contribution in [3.63, 3.8) is 0 Å². The van der Waals surface area contributed by atoms with E-state index < -0.39 is 0 Å². The van der Waals surface area contributed by atoms with Crippen molar-refractivity contribution < 1.29 is 4.79 Å². The van der Waals surface area contributed by atoms with Crippen LogP contribution in [-0.4, -0.2) is 11.6 Å². The topological polar surface area (TPSA) is 55.4 Å². The summed E-state index contributed by atoms with van der Waals surface area (Å²) in [5, 5.41) is 0.756. The standard InChI is InChI=1S/C15H14N2OS/c1-9(10-5-3-2-4-6-10)13-7-11-12(18)8-14(16)17-15(11)19-13/h2-7,9H,8H2,1H3,(H2,16,17). The van der Waals surface area contributed by atoms with Crippen LogP contribution in [0.15, 0.2) is 41.4 Å².